The van der Waals surface area contributed by atoms with Crippen LogP contribution in [0.1, 0.15) is 24.0 Å². The van der Waals surface area contributed by atoms with Gasteiger partial charge in [0.15, 0.2) is 5.82 Å². The fourth-order valence-electron chi connectivity index (χ4n) is 5.70. The van der Waals surface area contributed by atoms with Crippen molar-refractivity contribution in [2.24, 2.45) is 5.92 Å². The summed E-state index contributed by atoms with van der Waals surface area (Å²) in [5.41, 5.74) is 4.42. The molecule has 0 spiro atoms. The fourth-order valence-corrected chi connectivity index (χ4v) is 5.84. The molecule has 14 heteroatoms. The maximum atomic E-state index is 13.3. The number of aromatic nitrogens is 2. The highest BCUT2D eigenvalue weighted by Gasteiger charge is 2.33. The van der Waals surface area contributed by atoms with Crippen molar-refractivity contribution < 1.29 is 19.2 Å². The molecule has 226 valence electrons. The van der Waals surface area contributed by atoms with Gasteiger partial charge in [-0.2, -0.15) is 4.98 Å². The standard InChI is InChI=1S/C30H30ClN9O4/c1-33-22-13-18(4-5-19(22)27(32)20-6-8-24(41)36-29(20)44)40-10-9-39(15-26(40)43)30-34-14-21(31)28(37-30)35-17-3-7-23-16(11-17)12-25(42)38(23)2/h3-5,7,11,13-14,20,32-33H,6,8-10,12,15H2,1-2H3,(H,34,35,37)(H,36,41,44). The number of anilines is 6. The zero-order valence-electron chi connectivity index (χ0n) is 24.1. The molecule has 2 aromatic carbocycles. The first-order valence-electron chi connectivity index (χ1n) is 14.1. The number of piperazine rings is 1. The van der Waals surface area contributed by atoms with Crippen molar-refractivity contribution in [2.75, 3.05) is 59.1 Å². The van der Waals surface area contributed by atoms with Crippen LogP contribution in [0.5, 0.6) is 0 Å². The third-order valence-electron chi connectivity index (χ3n) is 8.12. The van der Waals surface area contributed by atoms with Gasteiger partial charge < -0.3 is 30.7 Å². The van der Waals surface area contributed by atoms with Crippen molar-refractivity contribution in [3.05, 3.63) is 58.7 Å². The average Bonchev–Trinajstić information content (AvgIpc) is 3.29. The quantitative estimate of drug-likeness (QED) is 0.231. The van der Waals surface area contributed by atoms with Crippen LogP contribution in [-0.2, 0) is 25.6 Å². The van der Waals surface area contributed by atoms with E-state index in [-0.39, 0.29) is 42.8 Å². The number of rotatable bonds is 7. The number of nitrogens with zero attached hydrogens (tertiary/aromatic N) is 5. The predicted molar refractivity (Wildman–Crippen MR) is 167 cm³/mol. The van der Waals surface area contributed by atoms with Gasteiger partial charge in [-0.25, -0.2) is 4.98 Å². The van der Waals surface area contributed by atoms with E-state index in [0.717, 1.165) is 16.9 Å². The first kappa shape index (κ1) is 29.1. The number of fused-ring (bicyclic) bond motifs is 1. The Morgan fingerprint density at radius 2 is 1.91 bits per heavy atom. The summed E-state index contributed by atoms with van der Waals surface area (Å²) < 4.78 is 0. The molecule has 0 bridgehead atoms. The van der Waals surface area contributed by atoms with Gasteiger partial charge in [-0.1, -0.05) is 11.6 Å². The van der Waals surface area contributed by atoms with E-state index in [0.29, 0.717) is 53.2 Å². The molecule has 4 heterocycles. The summed E-state index contributed by atoms with van der Waals surface area (Å²) in [4.78, 5) is 63.3. The van der Waals surface area contributed by atoms with E-state index >= 15 is 0 Å². The lowest BCUT2D eigenvalue weighted by Crippen LogP contribution is -2.51. The number of nitrogens with one attached hydrogen (secondary N) is 4. The topological polar surface area (TPSA) is 164 Å². The molecule has 0 saturated carbocycles. The van der Waals surface area contributed by atoms with Gasteiger partial charge in [0, 0.05) is 61.9 Å². The second kappa shape index (κ2) is 11.6. The lowest BCUT2D eigenvalue weighted by atomic mass is 9.88. The van der Waals surface area contributed by atoms with Gasteiger partial charge in [0.2, 0.25) is 29.6 Å². The number of carbonyl (C=O) groups is 4. The molecule has 3 aliphatic heterocycles. The molecule has 2 saturated heterocycles. The van der Waals surface area contributed by atoms with Crippen molar-refractivity contribution in [2.45, 2.75) is 19.3 Å². The molecule has 6 rings (SSSR count). The maximum Gasteiger partial charge on any atom is 0.246 e. The second-order valence-electron chi connectivity index (χ2n) is 10.8. The minimum absolute atomic E-state index is 0.0353. The van der Waals surface area contributed by atoms with Gasteiger partial charge in [-0.15, -0.1) is 0 Å². The molecular weight excluding hydrogens is 586 g/mol. The number of imide groups is 1. The largest absolute Gasteiger partial charge is 0.388 e. The Bertz CT molecular complexity index is 1730. The van der Waals surface area contributed by atoms with Crippen molar-refractivity contribution in [1.82, 2.24) is 15.3 Å². The van der Waals surface area contributed by atoms with Crippen LogP contribution in [0.15, 0.2) is 42.6 Å². The third-order valence-corrected chi connectivity index (χ3v) is 8.39. The Morgan fingerprint density at radius 1 is 1.09 bits per heavy atom. The minimum Gasteiger partial charge on any atom is -0.388 e. The highest BCUT2D eigenvalue weighted by molar-refractivity contribution is 6.33. The number of likely N-dealkylation sites (N-methyl/N-ethyl adjacent to an activating group) is 1. The maximum absolute atomic E-state index is 13.3. The molecule has 4 amide bonds. The molecule has 4 N–H and O–H groups in total. The van der Waals surface area contributed by atoms with Crippen molar-refractivity contribution in [1.29, 1.82) is 5.41 Å². The number of hydrogen-bond acceptors (Lipinski definition) is 10. The van der Waals surface area contributed by atoms with E-state index in [1.54, 1.807) is 47.0 Å². The second-order valence-corrected chi connectivity index (χ2v) is 11.2. The third kappa shape index (κ3) is 5.41. The van der Waals surface area contributed by atoms with Gasteiger partial charge in [0.25, 0.3) is 0 Å². The summed E-state index contributed by atoms with van der Waals surface area (Å²) in [5.74, 6) is -0.906. The Balaban J connectivity index is 1.15. The smallest absolute Gasteiger partial charge is 0.246 e. The number of halogens is 1. The number of amides is 4. The SMILES string of the molecule is CNc1cc(N2CCN(c3ncc(Cl)c(Nc4ccc5c(c4)CC(=O)N5C)n3)CC2=O)ccc1C(=N)C1CCC(=O)NC1=O. The Hall–Kier alpha value is -5.04. The molecule has 1 atom stereocenters. The van der Waals surface area contributed by atoms with E-state index in [1.807, 2.05) is 18.2 Å². The van der Waals surface area contributed by atoms with Gasteiger partial charge in [0.05, 0.1) is 24.2 Å². The minimum atomic E-state index is -0.719. The van der Waals surface area contributed by atoms with Gasteiger partial charge in [-0.3, -0.25) is 24.5 Å². The van der Waals surface area contributed by atoms with Crippen LogP contribution in [0.3, 0.4) is 0 Å². The summed E-state index contributed by atoms with van der Waals surface area (Å²) in [6, 6.07) is 10.9. The molecule has 1 unspecified atom stereocenters. The lowest BCUT2D eigenvalue weighted by molar-refractivity contribution is -0.134. The zero-order chi connectivity index (χ0) is 31.1. The normalized spacial score (nSPS) is 18.3. The number of piperidine rings is 1. The lowest BCUT2D eigenvalue weighted by Gasteiger charge is -2.34. The summed E-state index contributed by atoms with van der Waals surface area (Å²) in [7, 11) is 3.46. The van der Waals surface area contributed by atoms with Crippen LogP contribution in [0.4, 0.5) is 34.5 Å². The van der Waals surface area contributed by atoms with Crippen molar-refractivity contribution in [3.8, 4) is 0 Å². The molecule has 13 nitrogen and oxygen atoms in total. The van der Waals surface area contributed by atoms with Crippen LogP contribution < -0.4 is 30.7 Å². The van der Waals surface area contributed by atoms with E-state index in [4.69, 9.17) is 17.0 Å². The molecular formula is C30H30ClN9O4. The summed E-state index contributed by atoms with van der Waals surface area (Å²) in [6.45, 7) is 0.868. The Morgan fingerprint density at radius 3 is 2.66 bits per heavy atom. The van der Waals surface area contributed by atoms with E-state index in [1.165, 1.54) is 6.20 Å². The number of hydrogen-bond donors (Lipinski definition) is 4. The number of carbonyl (C=O) groups excluding carboxylic acids is 4. The van der Waals surface area contributed by atoms with Gasteiger partial charge in [0.1, 0.15) is 11.6 Å². The van der Waals surface area contributed by atoms with Gasteiger partial charge >= 0.3 is 0 Å². The monoisotopic (exact) mass is 615 g/mol. The number of benzene rings is 2. The first-order chi connectivity index (χ1) is 21.1. The summed E-state index contributed by atoms with van der Waals surface area (Å²) in [5, 5.41) is 17.6. The molecule has 1 aromatic heterocycles. The predicted octanol–water partition coefficient (Wildman–Crippen LogP) is 2.71. The molecule has 0 radical (unpaired) electrons. The highest BCUT2D eigenvalue weighted by atomic mass is 35.5. The van der Waals surface area contributed by atoms with Gasteiger partial charge in [-0.05, 0) is 48.4 Å². The van der Waals surface area contributed by atoms with E-state index in [2.05, 4.69) is 25.9 Å². The molecule has 3 aromatic rings. The van der Waals surface area contributed by atoms with Crippen LogP contribution in [0, 0.1) is 11.3 Å². The van der Waals surface area contributed by atoms with Crippen LogP contribution in [-0.4, -0.2) is 73.0 Å². The molecule has 0 aliphatic carbocycles. The molecule has 3 aliphatic rings. The van der Waals surface area contributed by atoms with E-state index < -0.39 is 11.8 Å². The zero-order valence-corrected chi connectivity index (χ0v) is 24.9. The molecule has 2 fully saturated rings. The first-order valence-corrected chi connectivity index (χ1v) is 14.5. The average molecular weight is 616 g/mol. The molecule has 44 heavy (non-hydrogen) atoms. The fraction of sp³-hybridized carbons (Fsp3) is 0.300. The summed E-state index contributed by atoms with van der Waals surface area (Å²) >= 11 is 6.41. The van der Waals surface area contributed by atoms with Crippen LogP contribution >= 0.6 is 11.6 Å². The van der Waals surface area contributed by atoms with Crippen molar-refractivity contribution >= 4 is 75.5 Å². The van der Waals surface area contributed by atoms with E-state index in [9.17, 15) is 19.2 Å². The van der Waals surface area contributed by atoms with Crippen LogP contribution in [0.25, 0.3) is 0 Å². The highest BCUT2D eigenvalue weighted by Crippen LogP contribution is 2.33. The Labute approximate surface area is 258 Å². The summed E-state index contributed by atoms with van der Waals surface area (Å²) in [6.07, 6.45) is 2.29. The van der Waals surface area contributed by atoms with Crippen molar-refractivity contribution in [3.63, 3.8) is 0 Å². The van der Waals surface area contributed by atoms with Crippen LogP contribution in [0.2, 0.25) is 5.02 Å². The Kier molecular flexibility index (Phi) is 7.64.